The Hall–Kier alpha value is -2.41. The van der Waals surface area contributed by atoms with E-state index in [0.717, 1.165) is 70.1 Å². The van der Waals surface area contributed by atoms with Crippen molar-refractivity contribution in [3.05, 3.63) is 47.5 Å². The van der Waals surface area contributed by atoms with Crippen molar-refractivity contribution in [2.45, 2.75) is 76.9 Å². The summed E-state index contributed by atoms with van der Waals surface area (Å²) in [6, 6.07) is 11.8. The molecule has 0 saturated carbocycles. The molecule has 1 aromatic heterocycles. The molecule has 4 rings (SSSR count). The van der Waals surface area contributed by atoms with Gasteiger partial charge in [0.2, 0.25) is 0 Å². The minimum absolute atomic E-state index is 0.474. The van der Waals surface area contributed by atoms with Crippen molar-refractivity contribution in [3.8, 4) is 0 Å². The van der Waals surface area contributed by atoms with E-state index in [1.165, 1.54) is 30.7 Å². The SMILES string of the molecule is CN=C(NCCCc1nnc2n1CCCCC2)NC1CCN(C(C)c2ccccc2)CC1. The Morgan fingerprint density at radius 3 is 2.69 bits per heavy atom. The number of piperidine rings is 1. The van der Waals surface area contributed by atoms with Crippen LogP contribution in [-0.2, 0) is 19.4 Å². The monoisotopic (exact) mass is 437 g/mol. The number of nitrogens with zero attached hydrogens (tertiary/aromatic N) is 5. The van der Waals surface area contributed by atoms with E-state index >= 15 is 0 Å². The number of aliphatic imine (C=N–C) groups is 1. The van der Waals surface area contributed by atoms with Crippen LogP contribution in [0.4, 0.5) is 0 Å². The molecule has 7 heteroatoms. The first-order valence-corrected chi connectivity index (χ1v) is 12.4. The van der Waals surface area contributed by atoms with Gasteiger partial charge in [-0.05, 0) is 44.6 Å². The van der Waals surface area contributed by atoms with Gasteiger partial charge in [0.25, 0.3) is 0 Å². The summed E-state index contributed by atoms with van der Waals surface area (Å²) >= 11 is 0. The molecule has 0 spiro atoms. The van der Waals surface area contributed by atoms with Crippen LogP contribution in [0.15, 0.2) is 35.3 Å². The van der Waals surface area contributed by atoms with Gasteiger partial charge in [-0.2, -0.15) is 0 Å². The Kier molecular flexibility index (Phi) is 8.15. The first-order chi connectivity index (χ1) is 15.7. The molecule has 2 aliphatic rings. The molecule has 1 unspecified atom stereocenters. The van der Waals surface area contributed by atoms with Crippen molar-refractivity contribution in [1.82, 2.24) is 30.3 Å². The van der Waals surface area contributed by atoms with Gasteiger partial charge >= 0.3 is 0 Å². The number of benzene rings is 1. The van der Waals surface area contributed by atoms with Crippen molar-refractivity contribution < 1.29 is 0 Å². The molecule has 3 heterocycles. The highest BCUT2D eigenvalue weighted by molar-refractivity contribution is 5.79. The van der Waals surface area contributed by atoms with E-state index in [-0.39, 0.29) is 0 Å². The highest BCUT2D eigenvalue weighted by Crippen LogP contribution is 2.24. The molecule has 2 aromatic rings. The predicted molar refractivity (Wildman–Crippen MR) is 130 cm³/mol. The van der Waals surface area contributed by atoms with E-state index in [1.807, 2.05) is 7.05 Å². The topological polar surface area (TPSA) is 70.4 Å². The van der Waals surface area contributed by atoms with E-state index in [1.54, 1.807) is 0 Å². The Morgan fingerprint density at radius 2 is 1.91 bits per heavy atom. The molecule has 1 fully saturated rings. The van der Waals surface area contributed by atoms with Gasteiger partial charge < -0.3 is 15.2 Å². The van der Waals surface area contributed by atoms with Crippen molar-refractivity contribution in [1.29, 1.82) is 0 Å². The Morgan fingerprint density at radius 1 is 1.09 bits per heavy atom. The number of aromatic nitrogens is 3. The van der Waals surface area contributed by atoms with E-state index in [4.69, 9.17) is 0 Å². The van der Waals surface area contributed by atoms with Gasteiger partial charge in [0.1, 0.15) is 11.6 Å². The molecule has 1 atom stereocenters. The summed E-state index contributed by atoms with van der Waals surface area (Å²) < 4.78 is 2.35. The molecule has 1 saturated heterocycles. The maximum atomic E-state index is 4.45. The Labute approximate surface area is 192 Å². The third-order valence-corrected chi connectivity index (χ3v) is 6.98. The molecule has 1 aromatic carbocycles. The number of hydrogen-bond acceptors (Lipinski definition) is 4. The quantitative estimate of drug-likeness (QED) is 0.395. The molecule has 0 amide bonds. The van der Waals surface area contributed by atoms with Gasteiger partial charge in [-0.15, -0.1) is 10.2 Å². The average molecular weight is 438 g/mol. The Balaban J connectivity index is 1.17. The third kappa shape index (κ3) is 5.88. The van der Waals surface area contributed by atoms with Crippen LogP contribution in [0.25, 0.3) is 0 Å². The number of rotatable bonds is 7. The van der Waals surface area contributed by atoms with Crippen LogP contribution >= 0.6 is 0 Å². The van der Waals surface area contributed by atoms with E-state index in [2.05, 4.69) is 72.5 Å². The van der Waals surface area contributed by atoms with Crippen LogP contribution < -0.4 is 10.6 Å². The molecule has 0 aliphatic carbocycles. The van der Waals surface area contributed by atoms with Crippen molar-refractivity contribution in [2.75, 3.05) is 26.7 Å². The summed E-state index contributed by atoms with van der Waals surface area (Å²) in [4.78, 5) is 7.04. The minimum atomic E-state index is 0.474. The highest BCUT2D eigenvalue weighted by atomic mass is 15.3. The van der Waals surface area contributed by atoms with Gasteiger partial charge in [0, 0.05) is 58.2 Å². The minimum Gasteiger partial charge on any atom is -0.356 e. The largest absolute Gasteiger partial charge is 0.356 e. The van der Waals surface area contributed by atoms with E-state index in [9.17, 15) is 0 Å². The van der Waals surface area contributed by atoms with Gasteiger partial charge in [0.15, 0.2) is 5.96 Å². The smallest absolute Gasteiger partial charge is 0.191 e. The van der Waals surface area contributed by atoms with Crippen molar-refractivity contribution >= 4 is 5.96 Å². The summed E-state index contributed by atoms with van der Waals surface area (Å²) in [5.74, 6) is 3.24. The second-order valence-electron chi connectivity index (χ2n) is 9.14. The van der Waals surface area contributed by atoms with Gasteiger partial charge in [0.05, 0.1) is 0 Å². The summed E-state index contributed by atoms with van der Waals surface area (Å²) in [5, 5.41) is 16.0. The molecule has 174 valence electrons. The standard InChI is InChI=1S/C25H39N7/c1-20(21-10-5-3-6-11-21)31-18-14-22(15-19-31)28-25(26-2)27-16-9-13-24-30-29-23-12-7-4-8-17-32(23)24/h3,5-6,10-11,20,22H,4,7-9,12-19H2,1-2H3,(H2,26,27,28). The fraction of sp³-hybridized carbons (Fsp3) is 0.640. The number of hydrogen-bond donors (Lipinski definition) is 2. The second-order valence-corrected chi connectivity index (χ2v) is 9.14. The number of nitrogens with one attached hydrogen (secondary N) is 2. The highest BCUT2D eigenvalue weighted by Gasteiger charge is 2.24. The third-order valence-electron chi connectivity index (χ3n) is 6.98. The summed E-state index contributed by atoms with van der Waals surface area (Å²) in [5.41, 5.74) is 1.40. The van der Waals surface area contributed by atoms with Gasteiger partial charge in [-0.25, -0.2) is 0 Å². The zero-order valence-electron chi connectivity index (χ0n) is 19.8. The lowest BCUT2D eigenvalue weighted by molar-refractivity contribution is 0.158. The van der Waals surface area contributed by atoms with Crippen molar-refractivity contribution in [2.24, 2.45) is 4.99 Å². The number of likely N-dealkylation sites (tertiary alicyclic amines) is 1. The molecule has 7 nitrogen and oxygen atoms in total. The van der Waals surface area contributed by atoms with Crippen molar-refractivity contribution in [3.63, 3.8) is 0 Å². The maximum Gasteiger partial charge on any atom is 0.191 e. The summed E-state index contributed by atoms with van der Waals surface area (Å²) in [6.45, 7) is 6.52. The van der Waals surface area contributed by atoms with Gasteiger partial charge in [-0.1, -0.05) is 36.8 Å². The predicted octanol–water partition coefficient (Wildman–Crippen LogP) is 3.33. The first kappa shape index (κ1) is 22.8. The maximum absolute atomic E-state index is 4.45. The van der Waals surface area contributed by atoms with E-state index in [0.29, 0.717) is 12.1 Å². The van der Waals surface area contributed by atoms with Crippen LogP contribution in [0.3, 0.4) is 0 Å². The molecule has 2 aliphatic heterocycles. The summed E-state index contributed by atoms with van der Waals surface area (Å²) in [7, 11) is 1.86. The lowest BCUT2D eigenvalue weighted by Crippen LogP contribution is -2.49. The first-order valence-electron chi connectivity index (χ1n) is 12.4. The van der Waals surface area contributed by atoms with Crippen LogP contribution in [0.1, 0.15) is 68.7 Å². The number of aryl methyl sites for hydroxylation is 2. The van der Waals surface area contributed by atoms with Gasteiger partial charge in [-0.3, -0.25) is 9.89 Å². The molecular weight excluding hydrogens is 398 g/mol. The zero-order chi connectivity index (χ0) is 22.2. The average Bonchev–Trinajstić information content (AvgIpc) is 3.07. The fourth-order valence-electron chi connectivity index (χ4n) is 4.94. The second kappa shape index (κ2) is 11.5. The molecule has 32 heavy (non-hydrogen) atoms. The molecule has 2 N–H and O–H groups in total. The fourth-order valence-corrected chi connectivity index (χ4v) is 4.94. The lowest BCUT2D eigenvalue weighted by atomic mass is 10.0. The van der Waals surface area contributed by atoms with Crippen LogP contribution in [0.2, 0.25) is 0 Å². The van der Waals surface area contributed by atoms with E-state index < -0.39 is 0 Å². The Bertz CT molecular complexity index is 852. The van der Waals surface area contributed by atoms with Crippen LogP contribution in [0, 0.1) is 0 Å². The zero-order valence-corrected chi connectivity index (χ0v) is 19.8. The normalized spacial score (nSPS) is 19.2. The molecule has 0 radical (unpaired) electrons. The lowest BCUT2D eigenvalue weighted by Gasteiger charge is -2.37. The molecular formula is C25H39N7. The van der Waals surface area contributed by atoms with Crippen LogP contribution in [-0.4, -0.2) is 58.3 Å². The van der Waals surface area contributed by atoms with Crippen LogP contribution in [0.5, 0.6) is 0 Å². The number of fused-ring (bicyclic) bond motifs is 1. The summed E-state index contributed by atoms with van der Waals surface area (Å²) in [6.07, 6.45) is 9.15. The molecule has 0 bridgehead atoms. The number of guanidine groups is 1.